The van der Waals surface area contributed by atoms with Gasteiger partial charge in [-0.15, -0.1) is 6.58 Å². The van der Waals surface area contributed by atoms with Gasteiger partial charge in [-0.05, 0) is 32.7 Å². The van der Waals surface area contributed by atoms with Gasteiger partial charge in [0.15, 0.2) is 0 Å². The monoisotopic (exact) mass is 210 g/mol. The van der Waals surface area contributed by atoms with Crippen LogP contribution < -0.4 is 5.32 Å². The SMILES string of the molecule is C=CCN(CCC)C(=O)C1(C)CCCN1. The quantitative estimate of drug-likeness (QED) is 0.698. The summed E-state index contributed by atoms with van der Waals surface area (Å²) in [7, 11) is 0. The number of carbonyl (C=O) groups is 1. The zero-order chi connectivity index (χ0) is 11.3. The lowest BCUT2D eigenvalue weighted by Crippen LogP contribution is -2.53. The molecule has 0 aliphatic carbocycles. The Balaban J connectivity index is 2.65. The molecule has 0 radical (unpaired) electrons. The van der Waals surface area contributed by atoms with Crippen LogP contribution in [0.4, 0.5) is 0 Å². The minimum atomic E-state index is -0.335. The van der Waals surface area contributed by atoms with Crippen molar-refractivity contribution in [2.24, 2.45) is 0 Å². The predicted octanol–water partition coefficient (Wildman–Crippen LogP) is 1.55. The number of amides is 1. The molecule has 1 heterocycles. The molecule has 3 heteroatoms. The Labute approximate surface area is 92.5 Å². The van der Waals surface area contributed by atoms with Crippen LogP contribution in [-0.2, 0) is 4.79 Å². The van der Waals surface area contributed by atoms with Gasteiger partial charge in [-0.25, -0.2) is 0 Å². The fourth-order valence-electron chi connectivity index (χ4n) is 2.13. The summed E-state index contributed by atoms with van der Waals surface area (Å²) in [5, 5.41) is 3.30. The van der Waals surface area contributed by atoms with Crippen LogP contribution in [0.5, 0.6) is 0 Å². The molecule has 1 amide bonds. The van der Waals surface area contributed by atoms with E-state index < -0.39 is 0 Å². The molecule has 1 saturated heterocycles. The molecule has 0 saturated carbocycles. The summed E-state index contributed by atoms with van der Waals surface area (Å²) in [6.45, 7) is 10.2. The molecule has 0 aromatic heterocycles. The van der Waals surface area contributed by atoms with Gasteiger partial charge in [-0.3, -0.25) is 4.79 Å². The third kappa shape index (κ3) is 2.81. The Morgan fingerprint density at radius 1 is 1.67 bits per heavy atom. The first-order valence-electron chi connectivity index (χ1n) is 5.79. The highest BCUT2D eigenvalue weighted by Crippen LogP contribution is 2.21. The summed E-state index contributed by atoms with van der Waals surface area (Å²) in [5.41, 5.74) is -0.335. The Hall–Kier alpha value is -0.830. The lowest BCUT2D eigenvalue weighted by atomic mass is 9.98. The third-order valence-corrected chi connectivity index (χ3v) is 2.97. The van der Waals surface area contributed by atoms with Gasteiger partial charge in [0.1, 0.15) is 0 Å². The highest BCUT2D eigenvalue weighted by atomic mass is 16.2. The van der Waals surface area contributed by atoms with Gasteiger partial charge in [0, 0.05) is 13.1 Å². The fourth-order valence-corrected chi connectivity index (χ4v) is 2.13. The van der Waals surface area contributed by atoms with E-state index >= 15 is 0 Å². The summed E-state index contributed by atoms with van der Waals surface area (Å²) in [6, 6.07) is 0. The lowest BCUT2D eigenvalue weighted by molar-refractivity contribution is -0.136. The second kappa shape index (κ2) is 5.31. The van der Waals surface area contributed by atoms with Crippen LogP contribution in [0, 0.1) is 0 Å². The summed E-state index contributed by atoms with van der Waals surface area (Å²) in [6.07, 6.45) is 4.83. The van der Waals surface area contributed by atoms with E-state index in [4.69, 9.17) is 0 Å². The minimum Gasteiger partial charge on any atom is -0.337 e. The summed E-state index contributed by atoms with van der Waals surface area (Å²) < 4.78 is 0. The minimum absolute atomic E-state index is 0.224. The molecule has 1 unspecified atom stereocenters. The van der Waals surface area contributed by atoms with Crippen LogP contribution in [0.15, 0.2) is 12.7 Å². The van der Waals surface area contributed by atoms with Crippen LogP contribution in [-0.4, -0.2) is 36.0 Å². The Kier molecular flexibility index (Phi) is 4.33. The van der Waals surface area contributed by atoms with E-state index in [1.165, 1.54) is 0 Å². The molecule has 15 heavy (non-hydrogen) atoms. The van der Waals surface area contributed by atoms with Crippen LogP contribution >= 0.6 is 0 Å². The standard InChI is InChI=1S/C12H22N2O/c1-4-9-14(10-5-2)11(15)12(3)7-6-8-13-12/h4,13H,1,5-10H2,2-3H3. The van der Waals surface area contributed by atoms with Gasteiger partial charge in [0.05, 0.1) is 5.54 Å². The normalized spacial score (nSPS) is 25.2. The Morgan fingerprint density at radius 3 is 2.87 bits per heavy atom. The van der Waals surface area contributed by atoms with Gasteiger partial charge >= 0.3 is 0 Å². The van der Waals surface area contributed by atoms with Crippen molar-refractivity contribution in [1.82, 2.24) is 10.2 Å². The summed E-state index contributed by atoms with van der Waals surface area (Å²) >= 11 is 0. The molecule has 0 aromatic carbocycles. The molecule has 0 spiro atoms. The number of hydrogen-bond donors (Lipinski definition) is 1. The molecule has 86 valence electrons. The van der Waals surface area contributed by atoms with Gasteiger partial charge in [0.25, 0.3) is 0 Å². The maximum atomic E-state index is 12.3. The Bertz CT molecular complexity index is 232. The number of hydrogen-bond acceptors (Lipinski definition) is 2. The van der Waals surface area contributed by atoms with E-state index in [9.17, 15) is 4.79 Å². The number of nitrogens with zero attached hydrogens (tertiary/aromatic N) is 1. The van der Waals surface area contributed by atoms with Crippen molar-refractivity contribution >= 4 is 5.91 Å². The zero-order valence-electron chi connectivity index (χ0n) is 9.88. The third-order valence-electron chi connectivity index (χ3n) is 2.97. The van der Waals surface area contributed by atoms with E-state index in [2.05, 4.69) is 18.8 Å². The van der Waals surface area contributed by atoms with Crippen molar-refractivity contribution in [2.45, 2.75) is 38.6 Å². The first kappa shape index (κ1) is 12.2. The molecule has 1 fully saturated rings. The molecular formula is C12H22N2O. The second-order valence-corrected chi connectivity index (χ2v) is 4.40. The summed E-state index contributed by atoms with van der Waals surface area (Å²) in [4.78, 5) is 14.2. The predicted molar refractivity (Wildman–Crippen MR) is 62.7 cm³/mol. The van der Waals surface area contributed by atoms with Gasteiger partial charge in [-0.1, -0.05) is 13.0 Å². The van der Waals surface area contributed by atoms with Crippen molar-refractivity contribution in [3.05, 3.63) is 12.7 Å². The molecule has 0 aromatic rings. The molecular weight excluding hydrogens is 188 g/mol. The van der Waals surface area contributed by atoms with Crippen molar-refractivity contribution in [2.75, 3.05) is 19.6 Å². The van der Waals surface area contributed by atoms with Crippen LogP contribution in [0.2, 0.25) is 0 Å². The number of carbonyl (C=O) groups excluding carboxylic acids is 1. The number of nitrogens with one attached hydrogen (secondary N) is 1. The highest BCUT2D eigenvalue weighted by molar-refractivity contribution is 5.86. The highest BCUT2D eigenvalue weighted by Gasteiger charge is 2.38. The van der Waals surface area contributed by atoms with Crippen LogP contribution in [0.1, 0.15) is 33.1 Å². The average molecular weight is 210 g/mol. The Morgan fingerprint density at radius 2 is 2.40 bits per heavy atom. The van der Waals surface area contributed by atoms with Gasteiger partial charge < -0.3 is 10.2 Å². The second-order valence-electron chi connectivity index (χ2n) is 4.40. The zero-order valence-corrected chi connectivity index (χ0v) is 9.88. The molecule has 1 aliphatic rings. The van der Waals surface area contributed by atoms with Gasteiger partial charge in [0.2, 0.25) is 5.91 Å². The molecule has 1 atom stereocenters. The number of rotatable bonds is 5. The molecule has 1 N–H and O–H groups in total. The maximum Gasteiger partial charge on any atom is 0.242 e. The van der Waals surface area contributed by atoms with E-state index in [-0.39, 0.29) is 11.4 Å². The first-order chi connectivity index (χ1) is 7.14. The van der Waals surface area contributed by atoms with Crippen molar-refractivity contribution in [3.8, 4) is 0 Å². The molecule has 1 rings (SSSR count). The van der Waals surface area contributed by atoms with Crippen LogP contribution in [0.3, 0.4) is 0 Å². The van der Waals surface area contributed by atoms with E-state index in [1.807, 2.05) is 11.8 Å². The van der Waals surface area contributed by atoms with Gasteiger partial charge in [-0.2, -0.15) is 0 Å². The molecule has 0 bridgehead atoms. The summed E-state index contributed by atoms with van der Waals surface area (Å²) in [5.74, 6) is 0.224. The van der Waals surface area contributed by atoms with E-state index in [1.54, 1.807) is 6.08 Å². The van der Waals surface area contributed by atoms with Crippen molar-refractivity contribution in [1.29, 1.82) is 0 Å². The first-order valence-corrected chi connectivity index (χ1v) is 5.79. The average Bonchev–Trinajstić information content (AvgIpc) is 2.65. The van der Waals surface area contributed by atoms with Crippen molar-refractivity contribution < 1.29 is 4.79 Å². The van der Waals surface area contributed by atoms with E-state index in [0.29, 0.717) is 6.54 Å². The van der Waals surface area contributed by atoms with Crippen molar-refractivity contribution in [3.63, 3.8) is 0 Å². The van der Waals surface area contributed by atoms with E-state index in [0.717, 1.165) is 32.4 Å². The largest absolute Gasteiger partial charge is 0.337 e. The smallest absolute Gasteiger partial charge is 0.242 e. The maximum absolute atomic E-state index is 12.3. The fraction of sp³-hybridized carbons (Fsp3) is 0.750. The molecule has 1 aliphatic heterocycles. The lowest BCUT2D eigenvalue weighted by Gasteiger charge is -2.31. The molecule has 3 nitrogen and oxygen atoms in total. The van der Waals surface area contributed by atoms with Crippen LogP contribution in [0.25, 0.3) is 0 Å². The topological polar surface area (TPSA) is 32.3 Å².